The molecule has 54 heavy (non-hydrogen) atoms. The Labute approximate surface area is 323 Å². The van der Waals surface area contributed by atoms with Gasteiger partial charge in [0.1, 0.15) is 12.2 Å². The van der Waals surface area contributed by atoms with E-state index < -0.39 is 24.1 Å². The predicted octanol–water partition coefficient (Wildman–Crippen LogP) is 9.02. The Morgan fingerprint density at radius 2 is 0.889 bits per heavy atom. The molecular formula is C46H62O8. The van der Waals surface area contributed by atoms with E-state index in [-0.39, 0.29) is 35.2 Å². The minimum absolute atomic E-state index is 0.0865. The van der Waals surface area contributed by atoms with Crippen LogP contribution in [0.25, 0.3) is 0 Å². The first kappa shape index (κ1) is 47.4. The Kier molecular flexibility index (Phi) is 19.8. The van der Waals surface area contributed by atoms with Crippen LogP contribution in [0.15, 0.2) is 130 Å². The Morgan fingerprint density at radius 3 is 1.20 bits per heavy atom. The molecule has 2 aliphatic carbocycles. The van der Waals surface area contributed by atoms with Gasteiger partial charge in [-0.1, -0.05) is 135 Å². The van der Waals surface area contributed by atoms with Gasteiger partial charge in [-0.05, 0) is 87.5 Å². The predicted molar refractivity (Wildman–Crippen MR) is 218 cm³/mol. The summed E-state index contributed by atoms with van der Waals surface area (Å²) in [4.78, 5) is 45.3. The molecule has 2 aliphatic rings. The minimum Gasteiger partial charge on any atom is -0.469 e. The van der Waals surface area contributed by atoms with E-state index in [4.69, 9.17) is 0 Å². The molecule has 0 aliphatic heterocycles. The van der Waals surface area contributed by atoms with Crippen LogP contribution in [-0.2, 0) is 28.7 Å². The monoisotopic (exact) mass is 742 g/mol. The molecule has 8 heteroatoms. The lowest BCUT2D eigenvalue weighted by atomic mass is 9.71. The maximum Gasteiger partial charge on any atom is 0.306 e. The molecule has 0 fully saturated rings. The van der Waals surface area contributed by atoms with Crippen molar-refractivity contribution < 1.29 is 38.9 Å². The molecule has 0 saturated heterocycles. The Bertz CT molecular complexity index is 1600. The molecule has 0 aromatic carbocycles. The molecule has 0 spiro atoms. The highest BCUT2D eigenvalue weighted by Crippen LogP contribution is 2.40. The van der Waals surface area contributed by atoms with Crippen LogP contribution in [-0.4, -0.2) is 60.1 Å². The lowest BCUT2D eigenvalue weighted by molar-refractivity contribution is -0.147. The number of aliphatic hydroxyl groups is 2. The highest BCUT2D eigenvalue weighted by molar-refractivity contribution is 6.01. The van der Waals surface area contributed by atoms with Gasteiger partial charge in [0.25, 0.3) is 0 Å². The van der Waals surface area contributed by atoms with Gasteiger partial charge in [0, 0.05) is 0 Å². The first-order chi connectivity index (χ1) is 25.2. The number of ether oxygens (including phenoxy) is 2. The van der Waals surface area contributed by atoms with Crippen molar-refractivity contribution in [1.29, 1.82) is 0 Å². The minimum atomic E-state index is -0.907. The molecule has 0 bridgehead atoms. The maximum absolute atomic E-state index is 12.2. The molecule has 0 heterocycles. The van der Waals surface area contributed by atoms with Crippen molar-refractivity contribution in [3.63, 3.8) is 0 Å². The molecule has 0 saturated carbocycles. The second-order valence-corrected chi connectivity index (χ2v) is 15.1. The quantitative estimate of drug-likeness (QED) is 0.141. The van der Waals surface area contributed by atoms with Crippen LogP contribution in [0, 0.1) is 10.8 Å². The standard InChI is InChI=1S/C40H52O4.C6H10O4/c1-27(17-13-19-29(3)21-23-33-31(5)37(43)35(41)25-39(33,7)8)15-11-12-16-28(2)18-14-20-30(4)22-24-34-32(6)38(44)36(42)26-40(34,9)10;1-9-5(7)3-4-6(8)10-2/h11-24,35-36,41-42H,25-26H2,1-10H3;3-4H2,1-2H3/b12-11+,17-13+,18-14+,23-21+,24-22+,27-15+,28-16+,29-19+,30-20+;. The van der Waals surface area contributed by atoms with Crippen LogP contribution >= 0.6 is 0 Å². The number of Topliss-reactive ketones (excluding diaryl/α,β-unsaturated/α-hetero) is 2. The smallest absolute Gasteiger partial charge is 0.306 e. The second-order valence-electron chi connectivity index (χ2n) is 15.1. The van der Waals surface area contributed by atoms with Crippen LogP contribution in [0.4, 0.5) is 0 Å². The third kappa shape index (κ3) is 16.1. The van der Waals surface area contributed by atoms with Gasteiger partial charge in [0.05, 0.1) is 27.1 Å². The van der Waals surface area contributed by atoms with Crippen LogP contribution in [0.2, 0.25) is 0 Å². The van der Waals surface area contributed by atoms with Crippen LogP contribution in [0.5, 0.6) is 0 Å². The van der Waals surface area contributed by atoms with Gasteiger partial charge in [0.15, 0.2) is 11.6 Å². The largest absolute Gasteiger partial charge is 0.469 e. The molecule has 2 atom stereocenters. The molecule has 294 valence electrons. The van der Waals surface area contributed by atoms with Crippen molar-refractivity contribution in [2.75, 3.05) is 14.2 Å². The van der Waals surface area contributed by atoms with Crippen molar-refractivity contribution in [1.82, 2.24) is 0 Å². The van der Waals surface area contributed by atoms with E-state index in [0.29, 0.717) is 24.0 Å². The van der Waals surface area contributed by atoms with E-state index in [0.717, 1.165) is 33.4 Å². The number of methoxy groups -OCH3 is 2. The van der Waals surface area contributed by atoms with Gasteiger partial charge < -0.3 is 19.7 Å². The van der Waals surface area contributed by atoms with E-state index in [2.05, 4.69) is 75.3 Å². The summed E-state index contributed by atoms with van der Waals surface area (Å²) in [5, 5.41) is 20.0. The average molecular weight is 743 g/mol. The van der Waals surface area contributed by atoms with Crippen LogP contribution in [0.3, 0.4) is 0 Å². The molecular weight excluding hydrogens is 680 g/mol. The summed E-state index contributed by atoms with van der Waals surface area (Å²) < 4.78 is 8.60. The highest BCUT2D eigenvalue weighted by Gasteiger charge is 2.37. The first-order valence-electron chi connectivity index (χ1n) is 18.3. The summed E-state index contributed by atoms with van der Waals surface area (Å²) >= 11 is 0. The fraction of sp³-hybridized carbons (Fsp3) is 0.435. The van der Waals surface area contributed by atoms with Gasteiger partial charge in [-0.3, -0.25) is 19.2 Å². The summed E-state index contributed by atoms with van der Waals surface area (Å²) in [5.74, 6) is -1.15. The fourth-order valence-corrected chi connectivity index (χ4v) is 6.03. The molecule has 8 nitrogen and oxygen atoms in total. The van der Waals surface area contributed by atoms with Gasteiger partial charge in [-0.25, -0.2) is 0 Å². The number of allylic oxidation sites excluding steroid dienone is 20. The molecule has 0 aromatic heterocycles. The van der Waals surface area contributed by atoms with Gasteiger partial charge in [-0.15, -0.1) is 0 Å². The van der Waals surface area contributed by atoms with Crippen molar-refractivity contribution in [3.05, 3.63) is 130 Å². The van der Waals surface area contributed by atoms with E-state index in [1.807, 2.05) is 74.6 Å². The number of carbonyl (C=O) groups is 4. The summed E-state index contributed by atoms with van der Waals surface area (Å²) in [5.41, 5.74) is 7.16. The number of esters is 2. The Morgan fingerprint density at radius 1 is 0.593 bits per heavy atom. The summed E-state index contributed by atoms with van der Waals surface area (Å²) in [6, 6.07) is 0. The van der Waals surface area contributed by atoms with E-state index in [1.54, 1.807) is 13.8 Å². The van der Waals surface area contributed by atoms with Crippen molar-refractivity contribution in [2.45, 2.75) is 107 Å². The maximum atomic E-state index is 12.2. The normalized spacial score (nSPS) is 21.6. The van der Waals surface area contributed by atoms with Crippen molar-refractivity contribution >= 4 is 23.5 Å². The van der Waals surface area contributed by atoms with E-state index in [9.17, 15) is 29.4 Å². The fourth-order valence-electron chi connectivity index (χ4n) is 6.03. The summed E-state index contributed by atoms with van der Waals surface area (Å²) in [7, 11) is 2.55. The van der Waals surface area contributed by atoms with Crippen molar-refractivity contribution in [2.24, 2.45) is 10.8 Å². The first-order valence-corrected chi connectivity index (χ1v) is 18.3. The molecule has 2 rings (SSSR count). The molecule has 0 radical (unpaired) electrons. The Hall–Kier alpha value is -4.66. The average Bonchev–Trinajstić information content (AvgIpc) is 3.09. The second kappa shape index (κ2) is 22.5. The lowest BCUT2D eigenvalue weighted by Crippen LogP contribution is -2.35. The zero-order valence-corrected chi connectivity index (χ0v) is 34.4. The number of rotatable bonds is 13. The summed E-state index contributed by atoms with van der Waals surface area (Å²) in [6.07, 6.45) is 27.7. The van der Waals surface area contributed by atoms with Gasteiger partial charge in [0.2, 0.25) is 0 Å². The van der Waals surface area contributed by atoms with E-state index in [1.165, 1.54) is 14.2 Å². The molecule has 0 aromatic rings. The lowest BCUT2D eigenvalue weighted by Gasteiger charge is -2.34. The zero-order chi connectivity index (χ0) is 41.2. The van der Waals surface area contributed by atoms with Gasteiger partial charge in [-0.2, -0.15) is 0 Å². The third-order valence-corrected chi connectivity index (χ3v) is 9.30. The van der Waals surface area contributed by atoms with Gasteiger partial charge >= 0.3 is 11.9 Å². The topological polar surface area (TPSA) is 127 Å². The highest BCUT2D eigenvalue weighted by atomic mass is 16.5. The molecule has 2 N–H and O–H groups in total. The third-order valence-electron chi connectivity index (χ3n) is 9.30. The van der Waals surface area contributed by atoms with Crippen molar-refractivity contribution in [3.8, 4) is 0 Å². The number of ketones is 2. The Balaban J connectivity index is 0.00000127. The number of aliphatic hydroxyl groups excluding tert-OH is 2. The number of hydrogen-bond donors (Lipinski definition) is 2. The molecule has 0 amide bonds. The van der Waals surface area contributed by atoms with E-state index >= 15 is 0 Å². The van der Waals surface area contributed by atoms with Crippen LogP contribution < -0.4 is 0 Å². The SMILES string of the molecule is CC1=C(/C=C/C(C)=C/C=C/C(C)=C/C=C/C=C(C)/C=C/C=C(C)/C=C/C2=C(C)C(=O)C(O)CC2(C)C)C(C)(C)CC(O)C1=O.COC(=O)CCC(=O)OC. The number of hydrogen-bond acceptors (Lipinski definition) is 8. The summed E-state index contributed by atoms with van der Waals surface area (Å²) in [6.45, 7) is 20.0. The van der Waals surface area contributed by atoms with Crippen LogP contribution in [0.1, 0.15) is 94.9 Å². The molecule has 2 unspecified atom stereocenters. The number of carbonyl (C=O) groups excluding carboxylic acids is 4. The zero-order valence-electron chi connectivity index (χ0n) is 34.4.